The van der Waals surface area contributed by atoms with Crippen molar-refractivity contribution in [3.63, 3.8) is 0 Å². The lowest BCUT2D eigenvalue weighted by atomic mass is 10.1. The summed E-state index contributed by atoms with van der Waals surface area (Å²) in [5.74, 6) is -1.85. The first-order valence-electron chi connectivity index (χ1n) is 19.8. The number of aliphatic carboxylic acids is 1. The van der Waals surface area contributed by atoms with Crippen molar-refractivity contribution in [2.75, 3.05) is 41.0 Å². The largest absolute Gasteiger partial charge is 0.544 e. The second-order valence-electron chi connectivity index (χ2n) is 14.1. The minimum atomic E-state index is -1.14. The van der Waals surface area contributed by atoms with Gasteiger partial charge in [-0.05, 0) is 44.9 Å². The predicted molar refractivity (Wildman–Crippen MR) is 208 cm³/mol. The number of unbranched alkanes of at least 4 members (excludes halogenated alkanes) is 10. The van der Waals surface area contributed by atoms with E-state index in [4.69, 9.17) is 14.2 Å². The number of ether oxygens (including phenoxy) is 3. The van der Waals surface area contributed by atoms with Crippen LogP contribution in [0.25, 0.3) is 0 Å². The highest BCUT2D eigenvalue weighted by molar-refractivity contribution is 5.70. The number of carbonyl (C=O) groups is 3. The topological polar surface area (TPSA) is 102 Å². The molecule has 0 aromatic heterocycles. The maximum absolute atomic E-state index is 12.6. The van der Waals surface area contributed by atoms with Crippen LogP contribution in [0.1, 0.15) is 142 Å². The fourth-order valence-corrected chi connectivity index (χ4v) is 5.35. The molecule has 292 valence electrons. The number of esters is 2. The molecular weight excluding hydrogens is 642 g/mol. The van der Waals surface area contributed by atoms with E-state index in [1.807, 2.05) is 12.2 Å². The van der Waals surface area contributed by atoms with Crippen LogP contribution in [0.2, 0.25) is 0 Å². The van der Waals surface area contributed by atoms with Crippen LogP contribution < -0.4 is 5.11 Å². The predicted octanol–water partition coefficient (Wildman–Crippen LogP) is 8.91. The number of likely N-dealkylation sites (N-methyl/N-ethyl adjacent to an activating group) is 1. The van der Waals surface area contributed by atoms with Gasteiger partial charge in [0.25, 0.3) is 0 Å². The van der Waals surface area contributed by atoms with Crippen LogP contribution in [0, 0.1) is 0 Å². The fourth-order valence-electron chi connectivity index (χ4n) is 5.35. The molecule has 0 fully saturated rings. The Morgan fingerprint density at radius 2 is 1.10 bits per heavy atom. The third kappa shape index (κ3) is 32.7. The zero-order valence-electron chi connectivity index (χ0n) is 33.0. The van der Waals surface area contributed by atoms with E-state index in [2.05, 4.69) is 62.5 Å². The van der Waals surface area contributed by atoms with Gasteiger partial charge in [-0.2, -0.15) is 0 Å². The van der Waals surface area contributed by atoms with Crippen LogP contribution in [0.4, 0.5) is 0 Å². The van der Waals surface area contributed by atoms with Crippen molar-refractivity contribution in [3.8, 4) is 0 Å². The summed E-state index contributed by atoms with van der Waals surface area (Å²) in [7, 11) is 5.37. The molecule has 0 aromatic carbocycles. The van der Waals surface area contributed by atoms with Gasteiger partial charge in [-0.15, -0.1) is 0 Å². The quantitative estimate of drug-likeness (QED) is 0.0284. The summed E-state index contributed by atoms with van der Waals surface area (Å²) < 4.78 is 17.0. The second-order valence-corrected chi connectivity index (χ2v) is 14.1. The van der Waals surface area contributed by atoms with Gasteiger partial charge in [-0.3, -0.25) is 9.59 Å². The zero-order valence-corrected chi connectivity index (χ0v) is 33.0. The van der Waals surface area contributed by atoms with Crippen molar-refractivity contribution < 1.29 is 38.2 Å². The first-order chi connectivity index (χ1) is 24.6. The Hall–Kier alpha value is -2.97. The van der Waals surface area contributed by atoms with Crippen LogP contribution >= 0.6 is 0 Å². The summed E-state index contributed by atoms with van der Waals surface area (Å²) in [5.41, 5.74) is 0. The molecule has 8 heteroatoms. The summed E-state index contributed by atoms with van der Waals surface area (Å²) in [6.07, 6.45) is 39.7. The van der Waals surface area contributed by atoms with Crippen LogP contribution in [-0.2, 0) is 28.6 Å². The monoisotopic (exact) mass is 716 g/mol. The highest BCUT2D eigenvalue weighted by Gasteiger charge is 2.25. The maximum Gasteiger partial charge on any atom is 0.306 e. The first-order valence-corrected chi connectivity index (χ1v) is 19.8. The number of rotatable bonds is 34. The second kappa shape index (κ2) is 34.1. The Labute approximate surface area is 311 Å². The third-order valence-corrected chi connectivity index (χ3v) is 8.43. The Morgan fingerprint density at radius 1 is 0.608 bits per heavy atom. The molecule has 0 aliphatic carbocycles. The molecule has 51 heavy (non-hydrogen) atoms. The van der Waals surface area contributed by atoms with Gasteiger partial charge in [0.05, 0.1) is 40.3 Å². The molecule has 0 radical (unpaired) electrons. The first kappa shape index (κ1) is 48.0. The van der Waals surface area contributed by atoms with Gasteiger partial charge in [0.15, 0.2) is 6.10 Å². The molecule has 0 amide bonds. The number of carboxylic acid groups (broad SMARTS) is 1. The third-order valence-electron chi connectivity index (χ3n) is 8.43. The summed E-state index contributed by atoms with van der Waals surface area (Å²) in [6.45, 7) is 4.44. The minimum Gasteiger partial charge on any atom is -0.544 e. The molecular formula is C43H73NO7. The Balaban J connectivity index is 4.52. The standard InChI is InChI=1S/C43H73NO7/c1-6-8-10-12-14-16-18-19-20-21-22-24-25-27-29-31-33-41(45)50-38-39(37-49-36-35-40(43(47)48)44(3,4)5)51-42(46)34-32-30-28-26-23-17-15-13-11-9-7-2/h8,10,14,16,19-20,22,24,27,29,39-40H,6-7,9,11-13,15,17-18,21,23,25-26,28,30-38H2,1-5H3/b10-8+,16-14+,20-19+,24-22+,29-27+. The summed E-state index contributed by atoms with van der Waals surface area (Å²) in [6, 6.07) is -0.735. The number of hydrogen-bond donors (Lipinski definition) is 0. The number of hydrogen-bond acceptors (Lipinski definition) is 7. The van der Waals surface area contributed by atoms with Crippen molar-refractivity contribution in [2.24, 2.45) is 0 Å². The van der Waals surface area contributed by atoms with E-state index >= 15 is 0 Å². The molecule has 0 aliphatic rings. The molecule has 2 atom stereocenters. The van der Waals surface area contributed by atoms with Crippen molar-refractivity contribution >= 4 is 17.9 Å². The molecule has 8 nitrogen and oxygen atoms in total. The average Bonchev–Trinajstić information content (AvgIpc) is 3.08. The molecule has 0 aromatic rings. The van der Waals surface area contributed by atoms with Crippen LogP contribution in [0.15, 0.2) is 60.8 Å². The van der Waals surface area contributed by atoms with Gasteiger partial charge < -0.3 is 28.6 Å². The van der Waals surface area contributed by atoms with E-state index < -0.39 is 18.1 Å². The summed E-state index contributed by atoms with van der Waals surface area (Å²) >= 11 is 0. The minimum absolute atomic E-state index is 0.0168. The number of carbonyl (C=O) groups excluding carboxylic acids is 3. The summed E-state index contributed by atoms with van der Waals surface area (Å²) in [4.78, 5) is 36.6. The SMILES string of the molecule is CC/C=C/C/C=C/C/C=C/C/C=C/C/C=C/CCC(=O)OCC(COCCC(C(=O)[O-])[N+](C)(C)C)OC(=O)CCCCCCCCCCCCC. The average molecular weight is 716 g/mol. The lowest BCUT2D eigenvalue weighted by molar-refractivity contribution is -0.889. The van der Waals surface area contributed by atoms with E-state index in [9.17, 15) is 19.5 Å². The van der Waals surface area contributed by atoms with Gasteiger partial charge in [0, 0.05) is 19.3 Å². The van der Waals surface area contributed by atoms with E-state index in [1.165, 1.54) is 51.4 Å². The molecule has 2 unspecified atom stereocenters. The molecule has 0 aliphatic heterocycles. The Bertz CT molecular complexity index is 1020. The normalized spacial score (nSPS) is 13.7. The molecule has 0 saturated carbocycles. The highest BCUT2D eigenvalue weighted by Crippen LogP contribution is 2.13. The van der Waals surface area contributed by atoms with E-state index in [-0.39, 0.29) is 49.1 Å². The smallest absolute Gasteiger partial charge is 0.306 e. The number of nitrogens with zero attached hydrogens (tertiary/aromatic N) is 1. The Kier molecular flexibility index (Phi) is 32.1. The highest BCUT2D eigenvalue weighted by atomic mass is 16.6. The maximum atomic E-state index is 12.6. The number of carboxylic acids is 1. The molecule has 0 saturated heterocycles. The lowest BCUT2D eigenvalue weighted by Crippen LogP contribution is -2.55. The fraction of sp³-hybridized carbons (Fsp3) is 0.698. The lowest BCUT2D eigenvalue weighted by Gasteiger charge is -2.34. The van der Waals surface area contributed by atoms with Crippen molar-refractivity contribution in [2.45, 2.75) is 154 Å². The van der Waals surface area contributed by atoms with Gasteiger partial charge in [-0.25, -0.2) is 0 Å². The van der Waals surface area contributed by atoms with Gasteiger partial charge in [0.1, 0.15) is 12.6 Å². The Morgan fingerprint density at radius 3 is 1.59 bits per heavy atom. The molecule has 0 heterocycles. The van der Waals surface area contributed by atoms with Gasteiger partial charge in [-0.1, -0.05) is 139 Å². The molecule has 0 bridgehead atoms. The molecule has 0 rings (SSSR count). The van der Waals surface area contributed by atoms with Crippen molar-refractivity contribution in [1.29, 1.82) is 0 Å². The molecule has 0 N–H and O–H groups in total. The summed E-state index contributed by atoms with van der Waals surface area (Å²) in [5, 5.41) is 11.6. The van der Waals surface area contributed by atoms with Crippen molar-refractivity contribution in [1.82, 2.24) is 0 Å². The van der Waals surface area contributed by atoms with Crippen molar-refractivity contribution in [3.05, 3.63) is 60.8 Å². The van der Waals surface area contributed by atoms with Gasteiger partial charge >= 0.3 is 11.9 Å². The number of allylic oxidation sites excluding steroid dienone is 10. The number of quaternary nitrogens is 1. The zero-order chi connectivity index (χ0) is 37.8. The van der Waals surface area contributed by atoms with Crippen LogP contribution in [-0.4, -0.2) is 75.5 Å². The van der Waals surface area contributed by atoms with Crippen LogP contribution in [0.3, 0.4) is 0 Å². The van der Waals surface area contributed by atoms with E-state index in [0.717, 1.165) is 51.4 Å². The van der Waals surface area contributed by atoms with Crippen LogP contribution in [0.5, 0.6) is 0 Å². The van der Waals surface area contributed by atoms with E-state index in [0.29, 0.717) is 12.8 Å². The van der Waals surface area contributed by atoms with E-state index in [1.54, 1.807) is 21.1 Å². The van der Waals surface area contributed by atoms with Gasteiger partial charge in [0.2, 0.25) is 0 Å². The molecule has 0 spiro atoms.